The molecule has 0 bridgehead atoms. The molecule has 2 atom stereocenters. The van der Waals surface area contributed by atoms with Crippen molar-refractivity contribution in [3.8, 4) is 0 Å². The van der Waals surface area contributed by atoms with Crippen LogP contribution in [-0.4, -0.2) is 28.5 Å². The summed E-state index contributed by atoms with van der Waals surface area (Å²) in [5, 5.41) is 7.73. The topological polar surface area (TPSA) is 58.9 Å². The first-order chi connectivity index (χ1) is 6.91. The Morgan fingerprint density at radius 1 is 1.80 bits per heavy atom. The highest BCUT2D eigenvalue weighted by Crippen LogP contribution is 2.27. The zero-order valence-corrected chi connectivity index (χ0v) is 9.22. The summed E-state index contributed by atoms with van der Waals surface area (Å²) in [5.41, 5.74) is 0. The van der Waals surface area contributed by atoms with Crippen molar-refractivity contribution in [1.82, 2.24) is 0 Å². The van der Waals surface area contributed by atoms with Crippen molar-refractivity contribution >= 4 is 35.1 Å². The van der Waals surface area contributed by atoms with Gasteiger partial charge in [-0.2, -0.15) is 9.38 Å². The van der Waals surface area contributed by atoms with Gasteiger partial charge < -0.3 is 9.84 Å². The molecule has 84 valence electrons. The molecule has 0 fully saturated rings. The van der Waals surface area contributed by atoms with Crippen molar-refractivity contribution in [3.63, 3.8) is 0 Å². The molecule has 1 aliphatic heterocycles. The standard InChI is InChI=1S/C8H8Cl2FNO3/c1-3(8(13)14)15-7-5(10)2-4(9)6(11)12-7/h3,5H,2H2,1H3,(H,13,14). The highest BCUT2D eigenvalue weighted by molar-refractivity contribution is 6.35. The van der Waals surface area contributed by atoms with Gasteiger partial charge in [0.05, 0.1) is 5.03 Å². The quantitative estimate of drug-likeness (QED) is 0.609. The summed E-state index contributed by atoms with van der Waals surface area (Å²) in [5.74, 6) is -2.22. The Bertz CT molecular complexity index is 343. The van der Waals surface area contributed by atoms with Crippen LogP contribution in [0, 0.1) is 0 Å². The predicted octanol–water partition coefficient (Wildman–Crippen LogP) is 2.26. The number of hydrogen-bond donors (Lipinski definition) is 1. The Hall–Kier alpha value is -0.810. The Kier molecular flexibility index (Phi) is 3.93. The zero-order valence-electron chi connectivity index (χ0n) is 7.71. The number of aliphatic imine (C=N–C) groups is 1. The molecule has 4 nitrogen and oxygen atoms in total. The number of carboxylic acids is 1. The van der Waals surface area contributed by atoms with Crippen LogP contribution in [0.5, 0.6) is 0 Å². The monoisotopic (exact) mass is 255 g/mol. The van der Waals surface area contributed by atoms with Gasteiger partial charge in [-0.25, -0.2) is 4.79 Å². The van der Waals surface area contributed by atoms with Crippen LogP contribution in [0.1, 0.15) is 13.3 Å². The number of hydrogen-bond acceptors (Lipinski definition) is 3. The second-order valence-corrected chi connectivity index (χ2v) is 3.90. The second-order valence-electron chi connectivity index (χ2n) is 2.92. The average molecular weight is 256 g/mol. The van der Waals surface area contributed by atoms with Crippen molar-refractivity contribution < 1.29 is 19.0 Å². The van der Waals surface area contributed by atoms with Gasteiger partial charge in [0.25, 0.3) is 0 Å². The van der Waals surface area contributed by atoms with E-state index in [1.165, 1.54) is 6.92 Å². The third-order valence-electron chi connectivity index (χ3n) is 1.70. The van der Waals surface area contributed by atoms with Gasteiger partial charge in [-0.05, 0) is 6.92 Å². The lowest BCUT2D eigenvalue weighted by molar-refractivity contribution is -0.144. The number of nitrogens with zero attached hydrogens (tertiary/aromatic N) is 1. The van der Waals surface area contributed by atoms with Gasteiger partial charge in [0.1, 0.15) is 5.38 Å². The molecule has 1 rings (SSSR count). The summed E-state index contributed by atoms with van der Waals surface area (Å²) in [6, 6.07) is 0. The molecule has 1 aliphatic rings. The van der Waals surface area contributed by atoms with Crippen LogP contribution in [0.15, 0.2) is 16.0 Å². The van der Waals surface area contributed by atoms with Crippen molar-refractivity contribution in [2.75, 3.05) is 0 Å². The van der Waals surface area contributed by atoms with E-state index in [9.17, 15) is 9.18 Å². The smallest absolute Gasteiger partial charge is 0.344 e. The number of carbonyl (C=O) groups is 1. The second kappa shape index (κ2) is 4.81. The molecule has 1 heterocycles. The normalized spacial score (nSPS) is 23.5. The number of ether oxygens (including phenoxy) is 1. The van der Waals surface area contributed by atoms with Gasteiger partial charge in [0, 0.05) is 6.42 Å². The van der Waals surface area contributed by atoms with E-state index in [0.717, 1.165) is 0 Å². The minimum Gasteiger partial charge on any atom is -0.479 e. The van der Waals surface area contributed by atoms with Crippen LogP contribution in [0.3, 0.4) is 0 Å². The summed E-state index contributed by atoms with van der Waals surface area (Å²) in [7, 11) is 0. The molecule has 0 saturated carbocycles. The minimum atomic E-state index is -1.18. The molecule has 0 aromatic heterocycles. The number of halogens is 3. The molecule has 15 heavy (non-hydrogen) atoms. The average Bonchev–Trinajstić information content (AvgIpc) is 2.13. The van der Waals surface area contributed by atoms with Crippen LogP contribution in [-0.2, 0) is 9.53 Å². The van der Waals surface area contributed by atoms with Gasteiger partial charge >= 0.3 is 5.97 Å². The summed E-state index contributed by atoms with van der Waals surface area (Å²) >= 11 is 11.2. The van der Waals surface area contributed by atoms with Gasteiger partial charge in [0.15, 0.2) is 6.10 Å². The minimum absolute atomic E-state index is 0.0418. The number of aliphatic carboxylic acids is 1. The fourth-order valence-electron chi connectivity index (χ4n) is 0.888. The van der Waals surface area contributed by atoms with Crippen molar-refractivity contribution in [2.24, 2.45) is 4.99 Å². The highest BCUT2D eigenvalue weighted by Gasteiger charge is 2.27. The molecule has 2 unspecified atom stereocenters. The van der Waals surface area contributed by atoms with Crippen molar-refractivity contribution in [3.05, 3.63) is 11.0 Å². The van der Waals surface area contributed by atoms with E-state index in [4.69, 9.17) is 33.0 Å². The largest absolute Gasteiger partial charge is 0.479 e. The fourth-order valence-corrected chi connectivity index (χ4v) is 1.42. The van der Waals surface area contributed by atoms with Crippen molar-refractivity contribution in [2.45, 2.75) is 24.8 Å². The van der Waals surface area contributed by atoms with Crippen LogP contribution >= 0.6 is 23.2 Å². The summed E-state index contributed by atoms with van der Waals surface area (Å²) < 4.78 is 17.8. The highest BCUT2D eigenvalue weighted by atomic mass is 35.5. The maximum absolute atomic E-state index is 12.9. The molecule has 0 aromatic carbocycles. The van der Waals surface area contributed by atoms with E-state index in [-0.39, 0.29) is 17.4 Å². The fraction of sp³-hybridized carbons (Fsp3) is 0.500. The molecular formula is C8H8Cl2FNO3. The zero-order chi connectivity index (χ0) is 11.6. The molecule has 0 saturated heterocycles. The lowest BCUT2D eigenvalue weighted by atomic mass is 10.2. The Morgan fingerprint density at radius 2 is 2.40 bits per heavy atom. The number of allylic oxidation sites excluding steroid dienone is 1. The van der Waals surface area contributed by atoms with E-state index in [1.807, 2.05) is 0 Å². The summed E-state index contributed by atoms with van der Waals surface area (Å²) in [6.45, 7) is 1.30. The van der Waals surface area contributed by atoms with E-state index < -0.39 is 23.4 Å². The van der Waals surface area contributed by atoms with E-state index in [1.54, 1.807) is 0 Å². The van der Waals surface area contributed by atoms with Crippen LogP contribution in [0.4, 0.5) is 4.39 Å². The first-order valence-corrected chi connectivity index (χ1v) is 4.89. The first kappa shape index (κ1) is 12.3. The van der Waals surface area contributed by atoms with Gasteiger partial charge in [-0.15, -0.1) is 11.6 Å². The van der Waals surface area contributed by atoms with E-state index in [2.05, 4.69) is 4.99 Å². The van der Waals surface area contributed by atoms with Crippen LogP contribution in [0.2, 0.25) is 0 Å². The van der Waals surface area contributed by atoms with E-state index >= 15 is 0 Å². The molecule has 0 aromatic rings. The first-order valence-electron chi connectivity index (χ1n) is 4.08. The van der Waals surface area contributed by atoms with Crippen molar-refractivity contribution in [1.29, 1.82) is 0 Å². The molecular weight excluding hydrogens is 248 g/mol. The lowest BCUT2D eigenvalue weighted by Gasteiger charge is -2.19. The summed E-state index contributed by atoms with van der Waals surface area (Å²) in [6.07, 6.45) is -1.09. The van der Waals surface area contributed by atoms with Gasteiger partial charge in [-0.1, -0.05) is 11.6 Å². The maximum atomic E-state index is 12.9. The SMILES string of the molecule is CC(OC1=NC(F)=C(Cl)CC1Cl)C(=O)O. The third-order valence-corrected chi connectivity index (χ3v) is 2.36. The Labute approximate surface area is 95.3 Å². The molecule has 0 aliphatic carbocycles. The Balaban J connectivity index is 2.77. The lowest BCUT2D eigenvalue weighted by Crippen LogP contribution is -2.30. The number of alkyl halides is 1. The van der Waals surface area contributed by atoms with E-state index in [0.29, 0.717) is 0 Å². The summed E-state index contributed by atoms with van der Waals surface area (Å²) in [4.78, 5) is 13.8. The molecule has 1 N–H and O–H groups in total. The number of carboxylic acid groups (broad SMARTS) is 1. The maximum Gasteiger partial charge on any atom is 0.344 e. The molecule has 0 amide bonds. The number of rotatable bonds is 2. The van der Waals surface area contributed by atoms with Crippen LogP contribution in [0.25, 0.3) is 0 Å². The predicted molar refractivity (Wildman–Crippen MR) is 53.9 cm³/mol. The van der Waals surface area contributed by atoms with Gasteiger partial charge in [-0.3, -0.25) is 0 Å². The molecule has 0 spiro atoms. The van der Waals surface area contributed by atoms with Crippen LogP contribution < -0.4 is 0 Å². The molecule has 7 heteroatoms. The third kappa shape index (κ3) is 3.07. The molecule has 0 radical (unpaired) electrons. The van der Waals surface area contributed by atoms with Gasteiger partial charge in [0.2, 0.25) is 11.8 Å². The Morgan fingerprint density at radius 3 is 2.93 bits per heavy atom.